The van der Waals surface area contributed by atoms with Gasteiger partial charge in [-0.1, -0.05) is 0 Å². The predicted molar refractivity (Wildman–Crippen MR) is 84.6 cm³/mol. The van der Waals surface area contributed by atoms with E-state index in [0.717, 1.165) is 5.56 Å². The number of nitrogens with zero attached hydrogens (tertiary/aromatic N) is 2. The lowest BCUT2D eigenvalue weighted by atomic mass is 10.1. The number of nitrogens with one attached hydrogen (secondary N) is 1. The maximum atomic E-state index is 12.1. The lowest BCUT2D eigenvalue weighted by Crippen LogP contribution is -2.34. The molecule has 2 rings (SSSR count). The van der Waals surface area contributed by atoms with Crippen LogP contribution in [0.3, 0.4) is 0 Å². The van der Waals surface area contributed by atoms with E-state index in [9.17, 15) is 9.59 Å². The average Bonchev–Trinajstić information content (AvgIpc) is 2.56. The van der Waals surface area contributed by atoms with Crippen molar-refractivity contribution in [2.45, 2.75) is 19.5 Å². The Hall–Kier alpha value is -2.83. The zero-order valence-corrected chi connectivity index (χ0v) is 13.3. The molecule has 0 spiro atoms. The topological polar surface area (TPSA) is 82.4 Å². The van der Waals surface area contributed by atoms with E-state index in [1.807, 2.05) is 6.92 Å². The molecule has 1 heterocycles. The molecular formula is C16H19N3O4. The molecule has 1 atom stereocenters. The maximum Gasteiger partial charge on any atom is 0.347 e. The summed E-state index contributed by atoms with van der Waals surface area (Å²) in [5, 5.41) is 2.84. The number of ether oxygens (including phenoxy) is 2. The fourth-order valence-corrected chi connectivity index (χ4v) is 2.20. The van der Waals surface area contributed by atoms with Gasteiger partial charge in [-0.15, -0.1) is 0 Å². The third kappa shape index (κ3) is 4.09. The van der Waals surface area contributed by atoms with E-state index in [0.29, 0.717) is 11.5 Å². The first-order chi connectivity index (χ1) is 11.0. The van der Waals surface area contributed by atoms with Crippen molar-refractivity contribution in [3.63, 3.8) is 0 Å². The Morgan fingerprint density at radius 1 is 1.35 bits per heavy atom. The van der Waals surface area contributed by atoms with Crippen molar-refractivity contribution >= 4 is 5.91 Å². The molecule has 1 N–H and O–H groups in total. The number of hydrogen-bond donors (Lipinski definition) is 1. The van der Waals surface area contributed by atoms with E-state index < -0.39 is 5.69 Å². The van der Waals surface area contributed by atoms with Gasteiger partial charge in [0, 0.05) is 18.0 Å². The molecule has 7 nitrogen and oxygen atoms in total. The number of carbonyl (C=O) groups excluding carboxylic acids is 1. The molecule has 2 aromatic rings. The van der Waals surface area contributed by atoms with Gasteiger partial charge in [-0.3, -0.25) is 9.36 Å². The van der Waals surface area contributed by atoms with Gasteiger partial charge in [0.05, 0.1) is 20.3 Å². The standard InChI is InChI=1S/C16H19N3O4/c1-11(13-9-12(22-2)5-6-14(13)23-3)18-15(20)10-19-8-4-7-17-16(19)21/h4-9,11H,10H2,1-3H3,(H,18,20)/t11-/m1/s1. The minimum absolute atomic E-state index is 0.0940. The molecule has 0 aliphatic rings. The summed E-state index contributed by atoms with van der Waals surface area (Å²) in [6.07, 6.45) is 2.91. The van der Waals surface area contributed by atoms with Crippen LogP contribution in [0.25, 0.3) is 0 Å². The molecule has 0 saturated heterocycles. The van der Waals surface area contributed by atoms with Crippen molar-refractivity contribution < 1.29 is 14.3 Å². The van der Waals surface area contributed by atoms with Crippen LogP contribution in [-0.2, 0) is 11.3 Å². The van der Waals surface area contributed by atoms with Crippen molar-refractivity contribution in [2.75, 3.05) is 14.2 Å². The molecule has 1 aromatic heterocycles. The highest BCUT2D eigenvalue weighted by atomic mass is 16.5. The normalized spacial score (nSPS) is 11.6. The van der Waals surface area contributed by atoms with Gasteiger partial charge >= 0.3 is 5.69 Å². The number of carbonyl (C=O) groups is 1. The number of rotatable bonds is 6. The molecule has 0 saturated carbocycles. The minimum atomic E-state index is -0.464. The van der Waals surface area contributed by atoms with Crippen LogP contribution in [0.15, 0.2) is 41.5 Å². The van der Waals surface area contributed by atoms with E-state index in [2.05, 4.69) is 10.3 Å². The molecule has 0 radical (unpaired) electrons. The summed E-state index contributed by atoms with van der Waals surface area (Å²) in [5.74, 6) is 1.03. The summed E-state index contributed by atoms with van der Waals surface area (Å²) in [6, 6.07) is 6.66. The molecule has 7 heteroatoms. The van der Waals surface area contributed by atoms with Gasteiger partial charge in [-0.25, -0.2) is 9.78 Å². The van der Waals surface area contributed by atoms with Gasteiger partial charge in [-0.05, 0) is 31.2 Å². The van der Waals surface area contributed by atoms with Gasteiger partial charge in [0.2, 0.25) is 5.91 Å². The van der Waals surface area contributed by atoms with Crippen molar-refractivity contribution in [1.29, 1.82) is 0 Å². The first-order valence-corrected chi connectivity index (χ1v) is 7.08. The van der Waals surface area contributed by atoms with Gasteiger partial charge in [0.1, 0.15) is 18.0 Å². The Morgan fingerprint density at radius 2 is 2.13 bits per heavy atom. The monoisotopic (exact) mass is 317 g/mol. The van der Waals surface area contributed by atoms with Gasteiger partial charge in [-0.2, -0.15) is 0 Å². The lowest BCUT2D eigenvalue weighted by Gasteiger charge is -2.18. The highest BCUT2D eigenvalue weighted by molar-refractivity contribution is 5.76. The zero-order valence-electron chi connectivity index (χ0n) is 13.3. The molecule has 23 heavy (non-hydrogen) atoms. The van der Waals surface area contributed by atoms with Gasteiger partial charge < -0.3 is 14.8 Å². The summed E-state index contributed by atoms with van der Waals surface area (Å²) in [6.45, 7) is 1.74. The van der Waals surface area contributed by atoms with Crippen LogP contribution in [0.5, 0.6) is 11.5 Å². The Kier molecular flexibility index (Phi) is 5.35. The van der Waals surface area contributed by atoms with E-state index in [4.69, 9.17) is 9.47 Å². The van der Waals surface area contributed by atoms with E-state index >= 15 is 0 Å². The van der Waals surface area contributed by atoms with Crippen LogP contribution in [0, 0.1) is 0 Å². The highest BCUT2D eigenvalue weighted by Gasteiger charge is 2.15. The van der Waals surface area contributed by atoms with Crippen LogP contribution in [0.4, 0.5) is 0 Å². The number of aromatic nitrogens is 2. The molecule has 1 aromatic carbocycles. The molecule has 0 aliphatic carbocycles. The average molecular weight is 317 g/mol. The highest BCUT2D eigenvalue weighted by Crippen LogP contribution is 2.29. The van der Waals surface area contributed by atoms with Crippen LogP contribution in [0.1, 0.15) is 18.5 Å². The summed E-state index contributed by atoms with van der Waals surface area (Å²) < 4.78 is 11.8. The fraction of sp³-hybridized carbons (Fsp3) is 0.312. The summed E-state index contributed by atoms with van der Waals surface area (Å²) in [7, 11) is 3.14. The molecule has 0 fully saturated rings. The van der Waals surface area contributed by atoms with Crippen LogP contribution < -0.4 is 20.5 Å². The third-order valence-electron chi connectivity index (χ3n) is 3.38. The van der Waals surface area contributed by atoms with E-state index in [1.165, 1.54) is 17.0 Å². The molecule has 122 valence electrons. The minimum Gasteiger partial charge on any atom is -0.497 e. The van der Waals surface area contributed by atoms with Crippen LogP contribution in [0.2, 0.25) is 0 Å². The lowest BCUT2D eigenvalue weighted by molar-refractivity contribution is -0.122. The second kappa shape index (κ2) is 7.44. The van der Waals surface area contributed by atoms with Gasteiger partial charge in [0.15, 0.2) is 0 Å². The third-order valence-corrected chi connectivity index (χ3v) is 3.38. The summed E-state index contributed by atoms with van der Waals surface area (Å²) >= 11 is 0. The van der Waals surface area contributed by atoms with Gasteiger partial charge in [0.25, 0.3) is 0 Å². The van der Waals surface area contributed by atoms with E-state index in [1.54, 1.807) is 38.5 Å². The van der Waals surface area contributed by atoms with Crippen LogP contribution in [-0.4, -0.2) is 29.7 Å². The number of methoxy groups -OCH3 is 2. The fourth-order valence-electron chi connectivity index (χ4n) is 2.20. The predicted octanol–water partition coefficient (Wildman–Crippen LogP) is 1.14. The Balaban J connectivity index is 2.12. The number of benzene rings is 1. The largest absolute Gasteiger partial charge is 0.497 e. The first-order valence-electron chi connectivity index (χ1n) is 7.08. The SMILES string of the molecule is COc1ccc(OC)c([C@@H](C)NC(=O)Cn2cccnc2=O)c1. The molecule has 1 amide bonds. The number of hydrogen-bond acceptors (Lipinski definition) is 5. The maximum absolute atomic E-state index is 12.1. The Morgan fingerprint density at radius 3 is 2.78 bits per heavy atom. The van der Waals surface area contributed by atoms with Crippen molar-refractivity contribution in [2.24, 2.45) is 0 Å². The molecule has 0 aliphatic heterocycles. The van der Waals surface area contributed by atoms with Crippen molar-refractivity contribution in [3.8, 4) is 11.5 Å². The van der Waals surface area contributed by atoms with Crippen LogP contribution >= 0.6 is 0 Å². The van der Waals surface area contributed by atoms with Crippen molar-refractivity contribution in [3.05, 3.63) is 52.7 Å². The summed E-state index contributed by atoms with van der Waals surface area (Å²) in [5.41, 5.74) is 0.327. The zero-order chi connectivity index (χ0) is 16.8. The Bertz CT molecular complexity index is 742. The van der Waals surface area contributed by atoms with Crippen molar-refractivity contribution in [1.82, 2.24) is 14.9 Å². The Labute approximate surface area is 133 Å². The molecule has 0 bridgehead atoms. The first kappa shape index (κ1) is 16.5. The second-order valence-corrected chi connectivity index (χ2v) is 4.93. The quantitative estimate of drug-likeness (QED) is 0.864. The summed E-state index contributed by atoms with van der Waals surface area (Å²) in [4.78, 5) is 27.3. The van der Waals surface area contributed by atoms with E-state index in [-0.39, 0.29) is 18.5 Å². The molecular weight excluding hydrogens is 298 g/mol. The molecule has 0 unspecified atom stereocenters. The smallest absolute Gasteiger partial charge is 0.347 e. The second-order valence-electron chi connectivity index (χ2n) is 4.93. The number of amides is 1.